The Morgan fingerprint density at radius 3 is 2.26 bits per heavy atom. The number of aryl methyl sites for hydroxylation is 1. The summed E-state index contributed by atoms with van der Waals surface area (Å²) < 4.78 is 30.8. The highest BCUT2D eigenvalue weighted by Crippen LogP contribution is 2.31. The molecule has 0 atom stereocenters. The molecule has 0 aromatic heterocycles. The minimum absolute atomic E-state index is 0.193. The van der Waals surface area contributed by atoms with Gasteiger partial charge in [0, 0.05) is 30.6 Å². The molecule has 0 heterocycles. The van der Waals surface area contributed by atoms with E-state index in [1.165, 1.54) is 5.56 Å². The molecule has 0 aliphatic rings. The first-order valence-electron chi connectivity index (χ1n) is 9.11. The van der Waals surface area contributed by atoms with Crippen molar-refractivity contribution in [2.45, 2.75) is 24.2 Å². The largest absolute Gasteiger partial charge is 0.377 e. The maximum Gasteiger partial charge on any atom is 0.297 e. The van der Waals surface area contributed by atoms with Crippen LogP contribution in [-0.4, -0.2) is 29.1 Å². The smallest absolute Gasteiger partial charge is 0.297 e. The van der Waals surface area contributed by atoms with Crippen molar-refractivity contribution in [3.8, 4) is 0 Å². The van der Waals surface area contributed by atoms with Gasteiger partial charge in [0.1, 0.15) is 4.90 Å². The maximum absolute atomic E-state index is 12.7. The topological polar surface area (TPSA) is 46.6 Å². The molecule has 0 saturated carbocycles. The lowest BCUT2D eigenvalue weighted by Gasteiger charge is -2.16. The number of hydrogen-bond acceptors (Lipinski definition) is 4. The summed E-state index contributed by atoms with van der Waals surface area (Å²) in [6.45, 7) is 0.193. The fourth-order valence-corrected chi connectivity index (χ4v) is 4.34. The highest BCUT2D eigenvalue weighted by molar-refractivity contribution is 7.87. The number of nitrogens with zero attached hydrogens (tertiary/aromatic N) is 1. The van der Waals surface area contributed by atoms with Crippen molar-refractivity contribution in [3.05, 3.63) is 72.3 Å². The highest BCUT2D eigenvalue weighted by Gasteiger charge is 2.19. The molecule has 0 bridgehead atoms. The summed E-state index contributed by atoms with van der Waals surface area (Å²) in [6.07, 6.45) is 2.51. The molecule has 4 nitrogen and oxygen atoms in total. The van der Waals surface area contributed by atoms with E-state index in [9.17, 15) is 8.42 Å². The Morgan fingerprint density at radius 1 is 0.815 bits per heavy atom. The van der Waals surface area contributed by atoms with E-state index < -0.39 is 10.1 Å². The average molecular weight is 384 g/mol. The lowest BCUT2D eigenvalue weighted by molar-refractivity contribution is 0.309. The number of benzene rings is 3. The molecule has 0 aliphatic heterocycles. The molecule has 0 spiro atoms. The van der Waals surface area contributed by atoms with Crippen LogP contribution in [0.1, 0.15) is 18.4 Å². The molecular formula is C22H25NO3S. The summed E-state index contributed by atoms with van der Waals surface area (Å²) in [5.41, 5.74) is 2.23. The molecule has 3 aromatic carbocycles. The Labute approximate surface area is 161 Å². The third-order valence-electron chi connectivity index (χ3n) is 4.55. The Morgan fingerprint density at radius 2 is 1.52 bits per heavy atom. The van der Waals surface area contributed by atoms with Crippen molar-refractivity contribution >= 4 is 26.6 Å². The molecular weight excluding hydrogens is 358 g/mol. The van der Waals surface area contributed by atoms with Crippen molar-refractivity contribution in [2.24, 2.45) is 0 Å². The zero-order valence-electron chi connectivity index (χ0n) is 15.8. The fraction of sp³-hybridized carbons (Fsp3) is 0.273. The minimum atomic E-state index is -3.79. The molecule has 0 unspecified atom stereocenters. The summed E-state index contributed by atoms with van der Waals surface area (Å²) in [5.74, 6) is 0. The van der Waals surface area contributed by atoms with Gasteiger partial charge < -0.3 is 4.90 Å². The fourth-order valence-electron chi connectivity index (χ4n) is 3.18. The molecule has 0 radical (unpaired) electrons. The van der Waals surface area contributed by atoms with Crippen molar-refractivity contribution in [1.82, 2.24) is 0 Å². The van der Waals surface area contributed by atoms with Crippen LogP contribution >= 0.6 is 0 Å². The van der Waals surface area contributed by atoms with E-state index in [4.69, 9.17) is 4.18 Å². The van der Waals surface area contributed by atoms with Crippen LogP contribution in [0.25, 0.3) is 10.8 Å². The highest BCUT2D eigenvalue weighted by atomic mass is 32.2. The Kier molecular flexibility index (Phi) is 6.14. The second-order valence-corrected chi connectivity index (χ2v) is 8.33. The van der Waals surface area contributed by atoms with Gasteiger partial charge >= 0.3 is 0 Å². The van der Waals surface area contributed by atoms with Gasteiger partial charge in [-0.1, -0.05) is 54.6 Å². The molecule has 0 amide bonds. The quantitative estimate of drug-likeness (QED) is 0.420. The average Bonchev–Trinajstić information content (AvgIpc) is 2.67. The van der Waals surface area contributed by atoms with Gasteiger partial charge in [0.05, 0.1) is 6.61 Å². The van der Waals surface area contributed by atoms with Crippen LogP contribution < -0.4 is 4.90 Å². The SMILES string of the molecule is CN(C)c1cccc2c(S(=O)(=O)OCCCCc3ccccc3)cccc12. The molecule has 5 heteroatoms. The third-order valence-corrected chi connectivity index (χ3v) is 5.92. The second kappa shape index (κ2) is 8.55. The molecule has 3 aromatic rings. The van der Waals surface area contributed by atoms with Gasteiger partial charge in [-0.3, -0.25) is 4.18 Å². The van der Waals surface area contributed by atoms with E-state index in [1.54, 1.807) is 12.1 Å². The molecule has 142 valence electrons. The number of rotatable bonds is 8. The van der Waals surface area contributed by atoms with Crippen LogP contribution in [0.3, 0.4) is 0 Å². The van der Waals surface area contributed by atoms with E-state index in [0.29, 0.717) is 11.8 Å². The molecule has 3 rings (SSSR count). The molecule has 0 saturated heterocycles. The van der Waals surface area contributed by atoms with Crippen LogP contribution in [0.2, 0.25) is 0 Å². The first-order valence-corrected chi connectivity index (χ1v) is 10.5. The van der Waals surface area contributed by atoms with E-state index in [1.807, 2.05) is 61.5 Å². The summed E-state index contributed by atoms with van der Waals surface area (Å²) in [5, 5.41) is 1.59. The lowest BCUT2D eigenvalue weighted by atomic mass is 10.1. The zero-order chi connectivity index (χ0) is 19.3. The minimum Gasteiger partial charge on any atom is -0.377 e. The molecule has 0 N–H and O–H groups in total. The van der Waals surface area contributed by atoms with E-state index >= 15 is 0 Å². The standard InChI is InChI=1S/C22H25NO3S/c1-23(2)21-15-8-14-20-19(21)13-9-16-22(20)27(24,25)26-17-7-6-12-18-10-4-3-5-11-18/h3-5,8-11,13-16H,6-7,12,17H2,1-2H3. The second-order valence-electron chi connectivity index (χ2n) is 6.74. The van der Waals surface area contributed by atoms with Gasteiger partial charge in [-0.2, -0.15) is 8.42 Å². The lowest BCUT2D eigenvalue weighted by Crippen LogP contribution is -2.11. The van der Waals surface area contributed by atoms with Crippen LogP contribution in [0.15, 0.2) is 71.6 Å². The predicted octanol–water partition coefficient (Wildman–Crippen LogP) is 4.63. The summed E-state index contributed by atoms with van der Waals surface area (Å²) in [4.78, 5) is 2.20. The molecule has 0 aliphatic carbocycles. The van der Waals surface area contributed by atoms with Crippen molar-refractivity contribution in [2.75, 3.05) is 25.6 Å². The molecule has 0 fully saturated rings. The van der Waals surface area contributed by atoms with Crippen LogP contribution in [0.4, 0.5) is 5.69 Å². The first kappa shape index (κ1) is 19.4. The Balaban J connectivity index is 1.69. The van der Waals surface area contributed by atoms with E-state index in [0.717, 1.165) is 23.9 Å². The van der Waals surface area contributed by atoms with Gasteiger partial charge in [-0.15, -0.1) is 0 Å². The normalized spacial score (nSPS) is 11.6. The summed E-state index contributed by atoms with van der Waals surface area (Å²) in [6, 6.07) is 21.2. The first-order chi connectivity index (χ1) is 13.0. The van der Waals surface area contributed by atoms with Gasteiger partial charge in [0.25, 0.3) is 10.1 Å². The van der Waals surface area contributed by atoms with Gasteiger partial charge in [-0.05, 0) is 37.0 Å². The van der Waals surface area contributed by atoms with Gasteiger partial charge in [0.15, 0.2) is 0 Å². The maximum atomic E-state index is 12.7. The Bertz CT molecular complexity index is 999. The number of anilines is 1. The zero-order valence-corrected chi connectivity index (χ0v) is 16.6. The molecule has 27 heavy (non-hydrogen) atoms. The van der Waals surface area contributed by atoms with Crippen molar-refractivity contribution in [1.29, 1.82) is 0 Å². The monoisotopic (exact) mass is 383 g/mol. The van der Waals surface area contributed by atoms with E-state index in [2.05, 4.69) is 12.1 Å². The van der Waals surface area contributed by atoms with Crippen LogP contribution in [0, 0.1) is 0 Å². The van der Waals surface area contributed by atoms with Crippen molar-refractivity contribution in [3.63, 3.8) is 0 Å². The third kappa shape index (κ3) is 4.67. The van der Waals surface area contributed by atoms with Crippen molar-refractivity contribution < 1.29 is 12.6 Å². The summed E-state index contributed by atoms with van der Waals surface area (Å²) in [7, 11) is 0.0943. The number of fused-ring (bicyclic) bond motifs is 1. The number of hydrogen-bond donors (Lipinski definition) is 0. The van der Waals surface area contributed by atoms with Crippen LogP contribution in [-0.2, 0) is 20.7 Å². The van der Waals surface area contributed by atoms with Crippen LogP contribution in [0.5, 0.6) is 0 Å². The van der Waals surface area contributed by atoms with E-state index in [-0.39, 0.29) is 11.5 Å². The Hall–Kier alpha value is -2.37. The van der Waals surface area contributed by atoms with Gasteiger partial charge in [-0.25, -0.2) is 0 Å². The predicted molar refractivity (Wildman–Crippen MR) is 111 cm³/mol. The number of unbranched alkanes of at least 4 members (excludes halogenated alkanes) is 1. The van der Waals surface area contributed by atoms with Gasteiger partial charge in [0.2, 0.25) is 0 Å². The summed E-state index contributed by atoms with van der Waals surface area (Å²) >= 11 is 0.